The molecule has 0 aromatic carbocycles. The number of rotatable bonds is 4. The number of carboxylic acid groups (broad SMARTS) is 1. The highest BCUT2D eigenvalue weighted by molar-refractivity contribution is 5.79. The number of allylic oxidation sites excluding steroid dienone is 3. The molecule has 22 heavy (non-hydrogen) atoms. The van der Waals surface area contributed by atoms with Gasteiger partial charge in [0.05, 0.1) is 5.41 Å². The molecule has 1 fully saturated rings. The summed E-state index contributed by atoms with van der Waals surface area (Å²) in [4.78, 5) is 11.8. The second kappa shape index (κ2) is 6.60. The van der Waals surface area contributed by atoms with E-state index >= 15 is 0 Å². The van der Waals surface area contributed by atoms with E-state index in [0.29, 0.717) is 12.3 Å². The largest absolute Gasteiger partial charge is 0.481 e. The van der Waals surface area contributed by atoms with Crippen molar-refractivity contribution in [2.75, 3.05) is 0 Å². The minimum Gasteiger partial charge on any atom is -0.481 e. The Morgan fingerprint density at radius 1 is 1.27 bits per heavy atom. The van der Waals surface area contributed by atoms with Crippen molar-refractivity contribution < 1.29 is 9.90 Å². The summed E-state index contributed by atoms with van der Waals surface area (Å²) in [5.74, 6) is 0.872. The van der Waals surface area contributed by atoms with E-state index < -0.39 is 11.4 Å². The summed E-state index contributed by atoms with van der Waals surface area (Å²) in [7, 11) is 0. The standard InChI is InChI=1S/C20H32O2/c1-5-6-15-7-9-16(10-8-15)17-11-13-20(14-12-17,18(21)22)19(2,3)4/h11-13,15-16H,5-10,14H2,1-4H3,(H,21,22)/t15-,16-,20?. The highest BCUT2D eigenvalue weighted by Crippen LogP contribution is 2.47. The van der Waals surface area contributed by atoms with Gasteiger partial charge in [-0.15, -0.1) is 0 Å². The third-order valence-corrected chi connectivity index (χ3v) is 5.96. The number of carbonyl (C=O) groups is 1. The Labute approximate surface area is 135 Å². The van der Waals surface area contributed by atoms with Crippen molar-refractivity contribution in [3.8, 4) is 0 Å². The van der Waals surface area contributed by atoms with Crippen LogP contribution in [-0.2, 0) is 4.79 Å². The van der Waals surface area contributed by atoms with Crippen molar-refractivity contribution in [2.45, 2.75) is 72.6 Å². The molecule has 0 spiro atoms. The molecule has 1 atom stereocenters. The van der Waals surface area contributed by atoms with Gasteiger partial charge in [0.2, 0.25) is 0 Å². The lowest BCUT2D eigenvalue weighted by molar-refractivity contribution is -0.151. The molecule has 1 unspecified atom stereocenters. The fourth-order valence-electron chi connectivity index (χ4n) is 4.18. The Morgan fingerprint density at radius 2 is 1.91 bits per heavy atom. The van der Waals surface area contributed by atoms with Crippen LogP contribution in [0.4, 0.5) is 0 Å². The molecule has 2 heteroatoms. The molecular weight excluding hydrogens is 272 g/mol. The van der Waals surface area contributed by atoms with Crippen LogP contribution in [0.2, 0.25) is 0 Å². The van der Waals surface area contributed by atoms with Crippen molar-refractivity contribution in [1.29, 1.82) is 0 Å². The van der Waals surface area contributed by atoms with Gasteiger partial charge in [-0.25, -0.2) is 0 Å². The van der Waals surface area contributed by atoms with Crippen LogP contribution in [0.15, 0.2) is 23.8 Å². The van der Waals surface area contributed by atoms with E-state index in [4.69, 9.17) is 0 Å². The van der Waals surface area contributed by atoms with Crippen molar-refractivity contribution in [1.82, 2.24) is 0 Å². The zero-order chi connectivity index (χ0) is 16.4. The van der Waals surface area contributed by atoms with Crippen LogP contribution in [0.1, 0.15) is 72.6 Å². The second-order valence-electron chi connectivity index (χ2n) is 8.27. The van der Waals surface area contributed by atoms with Crippen LogP contribution in [0, 0.1) is 22.7 Å². The van der Waals surface area contributed by atoms with Crippen LogP contribution >= 0.6 is 0 Å². The number of carboxylic acids is 1. The van der Waals surface area contributed by atoms with Gasteiger partial charge in [-0.1, -0.05) is 58.8 Å². The molecule has 124 valence electrons. The summed E-state index contributed by atoms with van der Waals surface area (Å²) in [5.41, 5.74) is 0.363. The van der Waals surface area contributed by atoms with Crippen LogP contribution in [0.5, 0.6) is 0 Å². The predicted molar refractivity (Wildman–Crippen MR) is 91.7 cm³/mol. The molecule has 0 saturated heterocycles. The lowest BCUT2D eigenvalue weighted by Crippen LogP contribution is -2.42. The van der Waals surface area contributed by atoms with Gasteiger partial charge in [0.15, 0.2) is 0 Å². The lowest BCUT2D eigenvalue weighted by atomic mass is 9.62. The van der Waals surface area contributed by atoms with Crippen molar-refractivity contribution in [3.63, 3.8) is 0 Å². The Hall–Kier alpha value is -1.05. The summed E-state index contributed by atoms with van der Waals surface area (Å²) in [6.07, 6.45) is 14.8. The summed E-state index contributed by atoms with van der Waals surface area (Å²) in [6, 6.07) is 0. The molecule has 0 aromatic heterocycles. The van der Waals surface area contributed by atoms with Crippen LogP contribution in [-0.4, -0.2) is 11.1 Å². The molecule has 0 aromatic rings. The molecule has 0 bridgehead atoms. The van der Waals surface area contributed by atoms with Crippen molar-refractivity contribution >= 4 is 5.97 Å². The van der Waals surface area contributed by atoms with Gasteiger partial charge >= 0.3 is 5.97 Å². The Kier molecular flexibility index (Phi) is 5.19. The highest BCUT2D eigenvalue weighted by Gasteiger charge is 2.47. The first-order chi connectivity index (χ1) is 10.3. The molecule has 1 saturated carbocycles. The Bertz CT molecular complexity index is 459. The molecule has 2 aliphatic carbocycles. The van der Waals surface area contributed by atoms with Crippen LogP contribution < -0.4 is 0 Å². The minimum absolute atomic E-state index is 0.268. The third kappa shape index (κ3) is 3.31. The van der Waals surface area contributed by atoms with E-state index in [1.165, 1.54) is 44.1 Å². The van der Waals surface area contributed by atoms with Gasteiger partial charge in [-0.2, -0.15) is 0 Å². The van der Waals surface area contributed by atoms with Gasteiger partial charge < -0.3 is 5.11 Å². The van der Waals surface area contributed by atoms with E-state index in [1.54, 1.807) is 0 Å². The Balaban J connectivity index is 2.04. The quantitative estimate of drug-likeness (QED) is 0.734. The summed E-state index contributed by atoms with van der Waals surface area (Å²) >= 11 is 0. The molecule has 1 N–H and O–H groups in total. The fraction of sp³-hybridized carbons (Fsp3) is 0.750. The molecule has 0 aliphatic heterocycles. The zero-order valence-corrected chi connectivity index (χ0v) is 14.7. The second-order valence-corrected chi connectivity index (χ2v) is 8.27. The lowest BCUT2D eigenvalue weighted by Gasteiger charge is -2.41. The van der Waals surface area contributed by atoms with Gasteiger partial charge in [0, 0.05) is 0 Å². The average molecular weight is 304 g/mol. The first-order valence-electron chi connectivity index (χ1n) is 8.93. The SMILES string of the molecule is CCC[C@H]1CC[C@H](C2=CCC(C(=O)O)(C(C)(C)C)C=C2)CC1. The third-order valence-electron chi connectivity index (χ3n) is 5.96. The van der Waals surface area contributed by atoms with Gasteiger partial charge in [-0.05, 0) is 54.9 Å². The van der Waals surface area contributed by atoms with E-state index in [-0.39, 0.29) is 5.41 Å². The molecular formula is C20H32O2. The number of hydrogen-bond acceptors (Lipinski definition) is 1. The van der Waals surface area contributed by atoms with E-state index in [1.807, 2.05) is 26.8 Å². The van der Waals surface area contributed by atoms with Gasteiger partial charge in [0.1, 0.15) is 0 Å². The summed E-state index contributed by atoms with van der Waals surface area (Å²) in [6.45, 7) is 8.36. The molecule has 0 radical (unpaired) electrons. The topological polar surface area (TPSA) is 37.3 Å². The molecule has 0 heterocycles. The maximum Gasteiger partial charge on any atom is 0.314 e. The summed E-state index contributed by atoms with van der Waals surface area (Å²) in [5, 5.41) is 9.73. The highest BCUT2D eigenvalue weighted by atomic mass is 16.4. The monoisotopic (exact) mass is 304 g/mol. The van der Waals surface area contributed by atoms with Gasteiger partial charge in [0.25, 0.3) is 0 Å². The molecule has 2 aliphatic rings. The average Bonchev–Trinajstić information content (AvgIpc) is 2.47. The van der Waals surface area contributed by atoms with Gasteiger partial charge in [-0.3, -0.25) is 4.79 Å². The first-order valence-corrected chi connectivity index (χ1v) is 8.93. The first kappa shape index (κ1) is 17.3. The normalized spacial score (nSPS) is 32.6. The smallest absolute Gasteiger partial charge is 0.314 e. The zero-order valence-electron chi connectivity index (χ0n) is 14.7. The van der Waals surface area contributed by atoms with E-state index in [9.17, 15) is 9.90 Å². The van der Waals surface area contributed by atoms with E-state index in [2.05, 4.69) is 19.1 Å². The van der Waals surface area contributed by atoms with Crippen molar-refractivity contribution in [3.05, 3.63) is 23.8 Å². The predicted octanol–water partition coefficient (Wildman–Crippen LogP) is 5.60. The van der Waals surface area contributed by atoms with Crippen LogP contribution in [0.25, 0.3) is 0 Å². The molecule has 2 rings (SSSR count). The Morgan fingerprint density at radius 3 is 2.32 bits per heavy atom. The molecule has 2 nitrogen and oxygen atoms in total. The van der Waals surface area contributed by atoms with E-state index in [0.717, 1.165) is 5.92 Å². The van der Waals surface area contributed by atoms with Crippen LogP contribution in [0.3, 0.4) is 0 Å². The van der Waals surface area contributed by atoms with Crippen molar-refractivity contribution in [2.24, 2.45) is 22.7 Å². The maximum absolute atomic E-state index is 11.8. The fourth-order valence-corrected chi connectivity index (χ4v) is 4.18. The molecule has 0 amide bonds. The number of aliphatic carboxylic acids is 1. The summed E-state index contributed by atoms with van der Waals surface area (Å²) < 4.78 is 0. The maximum atomic E-state index is 11.8. The minimum atomic E-state index is -0.754. The number of hydrogen-bond donors (Lipinski definition) is 1.